The molecule has 1 nitrogen and oxygen atoms in total. The predicted octanol–water partition coefficient (Wildman–Crippen LogP) is 3.97. The van der Waals surface area contributed by atoms with Crippen LogP contribution in [0.3, 0.4) is 0 Å². The van der Waals surface area contributed by atoms with Crippen molar-refractivity contribution in [2.75, 3.05) is 7.05 Å². The second-order valence-electron chi connectivity index (χ2n) is 4.95. The van der Waals surface area contributed by atoms with Gasteiger partial charge in [-0.1, -0.05) is 36.4 Å². The maximum atomic E-state index is 3.44. The number of likely N-dealkylation sites (N-methyl/N-ethyl adjacent to an activating group) is 1. The number of halogens is 1. The lowest BCUT2D eigenvalue weighted by Crippen LogP contribution is -2.30. The molecule has 0 bridgehead atoms. The summed E-state index contributed by atoms with van der Waals surface area (Å²) in [6.07, 6.45) is 2.15. The summed E-state index contributed by atoms with van der Waals surface area (Å²) < 4.78 is 1.29. The maximum Gasteiger partial charge on any atom is 0.0145 e. The van der Waals surface area contributed by atoms with Crippen molar-refractivity contribution in [3.05, 3.63) is 68.8 Å². The normalized spacial score (nSPS) is 12.4. The average molecular weight is 365 g/mol. The van der Waals surface area contributed by atoms with Gasteiger partial charge < -0.3 is 5.32 Å². The number of rotatable bonds is 5. The van der Waals surface area contributed by atoms with Crippen LogP contribution in [0.5, 0.6) is 0 Å². The van der Waals surface area contributed by atoms with Crippen LogP contribution < -0.4 is 5.32 Å². The highest BCUT2D eigenvalue weighted by molar-refractivity contribution is 14.1. The first kappa shape index (κ1) is 14.5. The quantitative estimate of drug-likeness (QED) is 0.791. The van der Waals surface area contributed by atoms with E-state index in [4.69, 9.17) is 0 Å². The smallest absolute Gasteiger partial charge is 0.0145 e. The number of benzene rings is 2. The molecule has 2 aromatic carbocycles. The third-order valence-corrected chi connectivity index (χ3v) is 4.25. The molecule has 0 aliphatic rings. The minimum absolute atomic E-state index is 0.487. The summed E-state index contributed by atoms with van der Waals surface area (Å²) in [6.45, 7) is 2.19. The molecule has 0 saturated carbocycles. The Balaban J connectivity index is 2.05. The van der Waals surface area contributed by atoms with E-state index < -0.39 is 0 Å². The first-order valence-electron chi connectivity index (χ1n) is 6.65. The molecule has 0 aromatic heterocycles. The van der Waals surface area contributed by atoms with Crippen molar-refractivity contribution in [1.29, 1.82) is 0 Å². The van der Waals surface area contributed by atoms with Gasteiger partial charge in [-0.3, -0.25) is 0 Å². The van der Waals surface area contributed by atoms with Crippen molar-refractivity contribution < 1.29 is 0 Å². The Morgan fingerprint density at radius 2 is 1.68 bits per heavy atom. The monoisotopic (exact) mass is 365 g/mol. The van der Waals surface area contributed by atoms with E-state index in [9.17, 15) is 0 Å². The van der Waals surface area contributed by atoms with Gasteiger partial charge in [0.05, 0.1) is 0 Å². The van der Waals surface area contributed by atoms with Crippen molar-refractivity contribution in [1.82, 2.24) is 5.32 Å². The molecule has 0 heterocycles. The van der Waals surface area contributed by atoms with Crippen LogP contribution in [0.25, 0.3) is 0 Å². The van der Waals surface area contributed by atoms with Gasteiger partial charge >= 0.3 is 0 Å². The number of aryl methyl sites for hydroxylation is 1. The average Bonchev–Trinajstić information content (AvgIpc) is 2.43. The fourth-order valence-electron chi connectivity index (χ4n) is 2.29. The summed E-state index contributed by atoms with van der Waals surface area (Å²) in [7, 11) is 2.05. The van der Waals surface area contributed by atoms with E-state index >= 15 is 0 Å². The summed E-state index contributed by atoms with van der Waals surface area (Å²) in [5.41, 5.74) is 4.21. The topological polar surface area (TPSA) is 12.0 Å². The first-order chi connectivity index (χ1) is 9.19. The molecule has 0 saturated heterocycles. The fraction of sp³-hybridized carbons (Fsp3) is 0.294. The lowest BCUT2D eigenvalue weighted by molar-refractivity contribution is 0.555. The second kappa shape index (κ2) is 7.06. The van der Waals surface area contributed by atoms with Crippen LogP contribution in [0.15, 0.2) is 48.5 Å². The third-order valence-electron chi connectivity index (χ3n) is 3.53. The summed E-state index contributed by atoms with van der Waals surface area (Å²) in [4.78, 5) is 0. The number of hydrogen-bond acceptors (Lipinski definition) is 1. The van der Waals surface area contributed by atoms with Crippen molar-refractivity contribution in [3.63, 3.8) is 0 Å². The van der Waals surface area contributed by atoms with Crippen LogP contribution in [0.4, 0.5) is 0 Å². The van der Waals surface area contributed by atoms with E-state index in [-0.39, 0.29) is 0 Å². The molecule has 0 aliphatic heterocycles. The molecular weight excluding hydrogens is 345 g/mol. The highest BCUT2D eigenvalue weighted by Gasteiger charge is 2.09. The molecule has 2 aromatic rings. The zero-order valence-corrected chi connectivity index (χ0v) is 13.6. The summed E-state index contributed by atoms with van der Waals surface area (Å²) in [5, 5.41) is 3.44. The Morgan fingerprint density at radius 3 is 2.32 bits per heavy atom. The molecular formula is C17H20IN. The minimum atomic E-state index is 0.487. The lowest BCUT2D eigenvalue weighted by Gasteiger charge is -2.17. The summed E-state index contributed by atoms with van der Waals surface area (Å²) in [5.74, 6) is 0. The summed E-state index contributed by atoms with van der Waals surface area (Å²) in [6, 6.07) is 17.9. The summed E-state index contributed by atoms with van der Waals surface area (Å²) >= 11 is 2.35. The van der Waals surface area contributed by atoms with Gasteiger partial charge in [-0.15, -0.1) is 0 Å². The van der Waals surface area contributed by atoms with Gasteiger partial charge in [0.1, 0.15) is 0 Å². The van der Waals surface area contributed by atoms with Gasteiger partial charge in [0, 0.05) is 9.61 Å². The van der Waals surface area contributed by atoms with Gasteiger partial charge in [0.15, 0.2) is 0 Å². The molecule has 2 rings (SSSR count). The molecule has 0 radical (unpaired) electrons. The van der Waals surface area contributed by atoms with E-state index in [1.165, 1.54) is 20.3 Å². The number of nitrogens with one attached hydrogen (secondary N) is 1. The van der Waals surface area contributed by atoms with E-state index in [0.29, 0.717) is 6.04 Å². The van der Waals surface area contributed by atoms with Crippen molar-refractivity contribution in [2.45, 2.75) is 25.8 Å². The Kier molecular flexibility index (Phi) is 5.40. The van der Waals surface area contributed by atoms with Crippen LogP contribution in [-0.4, -0.2) is 13.1 Å². The highest BCUT2D eigenvalue weighted by atomic mass is 127. The molecule has 100 valence electrons. The van der Waals surface area contributed by atoms with Crippen LogP contribution in [0, 0.1) is 10.5 Å². The van der Waals surface area contributed by atoms with E-state index in [1.54, 1.807) is 0 Å². The zero-order chi connectivity index (χ0) is 13.7. The molecule has 19 heavy (non-hydrogen) atoms. The van der Waals surface area contributed by atoms with Crippen molar-refractivity contribution in [3.8, 4) is 0 Å². The van der Waals surface area contributed by atoms with Crippen LogP contribution >= 0.6 is 22.6 Å². The van der Waals surface area contributed by atoms with Crippen molar-refractivity contribution >= 4 is 22.6 Å². The molecule has 1 N–H and O–H groups in total. The molecule has 0 amide bonds. The number of hydrogen-bond donors (Lipinski definition) is 1. The molecule has 1 atom stereocenters. The van der Waals surface area contributed by atoms with Crippen molar-refractivity contribution in [2.24, 2.45) is 0 Å². The van der Waals surface area contributed by atoms with Gasteiger partial charge in [-0.05, 0) is 78.2 Å². The standard InChI is InChI=1S/C17H20IN/c1-13-5-3-4-6-15(13)12-17(19-2)11-14-7-9-16(18)10-8-14/h3-10,17,19H,11-12H2,1-2H3. The second-order valence-corrected chi connectivity index (χ2v) is 6.19. The molecule has 0 aliphatic carbocycles. The zero-order valence-electron chi connectivity index (χ0n) is 11.5. The third kappa shape index (κ3) is 4.32. The van der Waals surface area contributed by atoms with Crippen LogP contribution in [0.1, 0.15) is 16.7 Å². The van der Waals surface area contributed by atoms with E-state index in [1.807, 2.05) is 0 Å². The van der Waals surface area contributed by atoms with E-state index in [2.05, 4.69) is 90.4 Å². The predicted molar refractivity (Wildman–Crippen MR) is 90.6 cm³/mol. The minimum Gasteiger partial charge on any atom is -0.316 e. The Bertz CT molecular complexity index is 519. The fourth-order valence-corrected chi connectivity index (χ4v) is 2.65. The molecule has 1 unspecified atom stereocenters. The largest absolute Gasteiger partial charge is 0.316 e. The van der Waals surface area contributed by atoms with Gasteiger partial charge in [-0.25, -0.2) is 0 Å². The van der Waals surface area contributed by atoms with Gasteiger partial charge in [0.2, 0.25) is 0 Å². The first-order valence-corrected chi connectivity index (χ1v) is 7.73. The molecule has 0 fully saturated rings. The van der Waals surface area contributed by atoms with Crippen LogP contribution in [-0.2, 0) is 12.8 Å². The van der Waals surface area contributed by atoms with Gasteiger partial charge in [-0.2, -0.15) is 0 Å². The van der Waals surface area contributed by atoms with E-state index in [0.717, 1.165) is 12.8 Å². The molecule has 0 spiro atoms. The Labute approximate surface area is 129 Å². The Hall–Kier alpha value is -0.870. The lowest BCUT2D eigenvalue weighted by atomic mass is 9.96. The molecule has 2 heteroatoms. The van der Waals surface area contributed by atoms with Crippen LogP contribution in [0.2, 0.25) is 0 Å². The SMILES string of the molecule is CNC(Cc1ccc(I)cc1)Cc1ccccc1C. The highest BCUT2D eigenvalue weighted by Crippen LogP contribution is 2.14. The Morgan fingerprint density at radius 1 is 1.00 bits per heavy atom. The van der Waals surface area contributed by atoms with Gasteiger partial charge in [0.25, 0.3) is 0 Å². The maximum absolute atomic E-state index is 3.44.